The van der Waals surface area contributed by atoms with Gasteiger partial charge in [0.15, 0.2) is 0 Å². The molecule has 26 heavy (non-hydrogen) atoms. The van der Waals surface area contributed by atoms with Gasteiger partial charge in [0.25, 0.3) is 11.5 Å². The lowest BCUT2D eigenvalue weighted by molar-refractivity contribution is 0.0693. The number of H-pyrrole nitrogens is 1. The Balaban J connectivity index is 1.92. The van der Waals surface area contributed by atoms with Crippen LogP contribution in [0.4, 0.5) is 0 Å². The number of rotatable bonds is 4. The molecule has 1 aliphatic rings. The van der Waals surface area contributed by atoms with Crippen molar-refractivity contribution < 1.29 is 4.79 Å². The number of amides is 1. The second kappa shape index (κ2) is 7.91. The van der Waals surface area contributed by atoms with Crippen LogP contribution in [0.15, 0.2) is 40.1 Å². The molecule has 0 aliphatic heterocycles. The highest BCUT2D eigenvalue weighted by Crippen LogP contribution is 2.22. The molecule has 6 nitrogen and oxygen atoms in total. The second-order valence-corrected chi connectivity index (χ2v) is 7.11. The molecule has 1 aromatic carbocycles. The van der Waals surface area contributed by atoms with Gasteiger partial charge in [0.2, 0.25) is 0 Å². The van der Waals surface area contributed by atoms with Crippen LogP contribution in [0.2, 0.25) is 5.02 Å². The molecule has 138 valence electrons. The Morgan fingerprint density at radius 2 is 1.92 bits per heavy atom. The van der Waals surface area contributed by atoms with Crippen molar-refractivity contribution in [2.24, 2.45) is 0 Å². The molecular weight excluding hydrogens is 354 g/mol. The van der Waals surface area contributed by atoms with Gasteiger partial charge < -0.3 is 9.88 Å². The van der Waals surface area contributed by atoms with Crippen molar-refractivity contribution in [3.8, 4) is 0 Å². The third-order valence-corrected chi connectivity index (χ3v) is 5.39. The van der Waals surface area contributed by atoms with E-state index in [0.717, 1.165) is 30.3 Å². The van der Waals surface area contributed by atoms with Gasteiger partial charge in [-0.1, -0.05) is 49.1 Å². The largest absolute Gasteiger partial charge is 0.339 e. The molecule has 7 heteroatoms. The summed E-state index contributed by atoms with van der Waals surface area (Å²) in [6, 6.07) is 7.14. The molecule has 0 unspecified atom stereocenters. The Kier molecular flexibility index (Phi) is 5.61. The van der Waals surface area contributed by atoms with Crippen LogP contribution in [0.1, 0.15) is 48.0 Å². The molecule has 0 saturated heterocycles. The molecular formula is C19H22ClN3O3. The average molecular weight is 376 g/mol. The van der Waals surface area contributed by atoms with Crippen LogP contribution in [-0.2, 0) is 6.54 Å². The first-order chi connectivity index (χ1) is 12.5. The summed E-state index contributed by atoms with van der Waals surface area (Å²) in [6.07, 6.45) is 6.46. The summed E-state index contributed by atoms with van der Waals surface area (Å²) in [4.78, 5) is 41.9. The van der Waals surface area contributed by atoms with Crippen LogP contribution in [0, 0.1) is 0 Å². The Morgan fingerprint density at radius 1 is 1.23 bits per heavy atom. The van der Waals surface area contributed by atoms with E-state index in [0.29, 0.717) is 10.6 Å². The zero-order valence-corrected chi connectivity index (χ0v) is 15.5. The molecule has 3 rings (SSSR count). The number of nitrogens with zero attached hydrogens (tertiary/aromatic N) is 2. The normalized spacial score (nSPS) is 15.0. The first-order valence-electron chi connectivity index (χ1n) is 8.82. The number of hydrogen-bond donors (Lipinski definition) is 1. The van der Waals surface area contributed by atoms with E-state index >= 15 is 0 Å². The summed E-state index contributed by atoms with van der Waals surface area (Å²) in [5.41, 5.74) is -0.537. The lowest BCUT2D eigenvalue weighted by atomic mass is 9.94. The zero-order valence-electron chi connectivity index (χ0n) is 14.7. The lowest BCUT2D eigenvalue weighted by Gasteiger charge is -2.31. The van der Waals surface area contributed by atoms with Crippen molar-refractivity contribution in [3.05, 3.63) is 67.4 Å². The first-order valence-corrected chi connectivity index (χ1v) is 9.20. The van der Waals surface area contributed by atoms with E-state index in [2.05, 4.69) is 4.98 Å². The number of carbonyl (C=O) groups excluding carboxylic acids is 1. The summed E-state index contributed by atoms with van der Waals surface area (Å²) in [5.74, 6) is -0.356. The standard InChI is InChI=1S/C19H22ClN3O3/c1-22(14-8-3-2-4-9-14)17(24)15-11-21-19(26)23(18(15)25)12-13-7-5-6-10-16(13)20/h5-7,10-11,14H,2-4,8-9,12H2,1H3,(H,21,26). The van der Waals surface area contributed by atoms with Crippen LogP contribution < -0.4 is 11.2 Å². The molecule has 0 radical (unpaired) electrons. The van der Waals surface area contributed by atoms with E-state index in [9.17, 15) is 14.4 Å². The van der Waals surface area contributed by atoms with Gasteiger partial charge in [-0.3, -0.25) is 14.2 Å². The van der Waals surface area contributed by atoms with Gasteiger partial charge in [0, 0.05) is 24.3 Å². The Morgan fingerprint density at radius 3 is 2.62 bits per heavy atom. The van der Waals surface area contributed by atoms with E-state index in [4.69, 9.17) is 11.6 Å². The number of nitrogens with one attached hydrogen (secondary N) is 1. The minimum Gasteiger partial charge on any atom is -0.339 e. The fourth-order valence-corrected chi connectivity index (χ4v) is 3.62. The third-order valence-electron chi connectivity index (χ3n) is 5.02. The molecule has 2 aromatic rings. The molecule has 1 fully saturated rings. The highest BCUT2D eigenvalue weighted by Gasteiger charge is 2.25. The van der Waals surface area contributed by atoms with Crippen LogP contribution in [0.3, 0.4) is 0 Å². The van der Waals surface area contributed by atoms with Gasteiger partial charge in [-0.15, -0.1) is 0 Å². The number of aromatic nitrogens is 2. The predicted molar refractivity (Wildman–Crippen MR) is 101 cm³/mol. The Labute approximate surface area is 156 Å². The van der Waals surface area contributed by atoms with Crippen LogP contribution in [0.25, 0.3) is 0 Å². The van der Waals surface area contributed by atoms with Crippen molar-refractivity contribution in [3.63, 3.8) is 0 Å². The molecule has 0 atom stereocenters. The van der Waals surface area contributed by atoms with Gasteiger partial charge in [-0.05, 0) is 24.5 Å². The maximum atomic E-state index is 12.8. The third kappa shape index (κ3) is 3.75. The highest BCUT2D eigenvalue weighted by atomic mass is 35.5. The summed E-state index contributed by atoms with van der Waals surface area (Å²) in [5, 5.41) is 0.467. The number of hydrogen-bond acceptors (Lipinski definition) is 3. The molecule has 1 aromatic heterocycles. The van der Waals surface area contributed by atoms with E-state index in [1.54, 1.807) is 36.2 Å². The van der Waals surface area contributed by atoms with E-state index in [1.807, 2.05) is 0 Å². The predicted octanol–water partition coefficient (Wildman–Crippen LogP) is 2.64. The number of halogens is 1. The average Bonchev–Trinajstić information content (AvgIpc) is 2.66. The van der Waals surface area contributed by atoms with Gasteiger partial charge in [0.05, 0.1) is 6.54 Å². The molecule has 1 aliphatic carbocycles. The van der Waals surface area contributed by atoms with Crippen molar-refractivity contribution >= 4 is 17.5 Å². The summed E-state index contributed by atoms with van der Waals surface area (Å²) < 4.78 is 1.02. The topological polar surface area (TPSA) is 75.2 Å². The van der Waals surface area contributed by atoms with Crippen molar-refractivity contribution in [1.82, 2.24) is 14.5 Å². The second-order valence-electron chi connectivity index (χ2n) is 6.70. The zero-order chi connectivity index (χ0) is 18.7. The Bertz CT molecular complexity index is 913. The van der Waals surface area contributed by atoms with Crippen molar-refractivity contribution in [2.75, 3.05) is 7.05 Å². The van der Waals surface area contributed by atoms with E-state index < -0.39 is 11.2 Å². The van der Waals surface area contributed by atoms with Gasteiger partial charge in [-0.2, -0.15) is 0 Å². The SMILES string of the molecule is CN(C(=O)c1c[nH]c(=O)n(Cc2ccccc2Cl)c1=O)C1CCCCC1. The van der Waals surface area contributed by atoms with Crippen LogP contribution in [-0.4, -0.2) is 33.4 Å². The summed E-state index contributed by atoms with van der Waals surface area (Å²) in [6.45, 7) is 0.0160. The van der Waals surface area contributed by atoms with E-state index in [-0.39, 0.29) is 24.1 Å². The molecule has 0 spiro atoms. The number of aromatic amines is 1. The van der Waals surface area contributed by atoms with Crippen LogP contribution in [0.5, 0.6) is 0 Å². The van der Waals surface area contributed by atoms with Crippen molar-refractivity contribution in [2.45, 2.75) is 44.7 Å². The molecule has 1 saturated carbocycles. The van der Waals surface area contributed by atoms with Gasteiger partial charge in [0.1, 0.15) is 5.56 Å². The lowest BCUT2D eigenvalue weighted by Crippen LogP contribution is -2.44. The van der Waals surface area contributed by atoms with Crippen molar-refractivity contribution in [1.29, 1.82) is 0 Å². The molecule has 1 heterocycles. The monoisotopic (exact) mass is 375 g/mol. The van der Waals surface area contributed by atoms with Gasteiger partial charge in [-0.25, -0.2) is 4.79 Å². The summed E-state index contributed by atoms with van der Waals surface area (Å²) >= 11 is 6.13. The minimum atomic E-state index is -0.596. The number of carbonyl (C=O) groups is 1. The molecule has 0 bridgehead atoms. The fraction of sp³-hybridized carbons (Fsp3) is 0.421. The number of benzene rings is 1. The first kappa shape index (κ1) is 18.5. The molecule has 1 N–H and O–H groups in total. The molecule has 1 amide bonds. The highest BCUT2D eigenvalue weighted by molar-refractivity contribution is 6.31. The quantitative estimate of drug-likeness (QED) is 0.892. The fourth-order valence-electron chi connectivity index (χ4n) is 3.43. The van der Waals surface area contributed by atoms with Gasteiger partial charge >= 0.3 is 5.69 Å². The smallest absolute Gasteiger partial charge is 0.328 e. The Hall–Kier alpha value is -2.34. The minimum absolute atomic E-state index is 0.0160. The van der Waals surface area contributed by atoms with Crippen LogP contribution >= 0.6 is 11.6 Å². The maximum Gasteiger partial charge on any atom is 0.328 e. The van der Waals surface area contributed by atoms with E-state index in [1.165, 1.54) is 12.6 Å². The summed E-state index contributed by atoms with van der Waals surface area (Å²) in [7, 11) is 1.72. The maximum absolute atomic E-state index is 12.8.